The van der Waals surface area contributed by atoms with Crippen LogP contribution in [0.1, 0.15) is 21.5 Å². The Bertz CT molecular complexity index is 1430. The molecular formula is C25H18F3N3O3. The van der Waals surface area contributed by atoms with Crippen LogP contribution in [0.2, 0.25) is 0 Å². The Morgan fingerprint density at radius 3 is 2.35 bits per heavy atom. The van der Waals surface area contributed by atoms with Gasteiger partial charge in [0.15, 0.2) is 5.75 Å². The van der Waals surface area contributed by atoms with Crippen LogP contribution in [0.3, 0.4) is 0 Å². The fourth-order valence-electron chi connectivity index (χ4n) is 3.44. The van der Waals surface area contributed by atoms with Gasteiger partial charge in [0.1, 0.15) is 17.1 Å². The van der Waals surface area contributed by atoms with Crippen LogP contribution in [0.5, 0.6) is 11.5 Å². The maximum Gasteiger partial charge on any atom is 0.418 e. The van der Waals surface area contributed by atoms with Crippen LogP contribution < -0.4 is 5.32 Å². The maximum atomic E-state index is 13.3. The predicted molar refractivity (Wildman–Crippen MR) is 122 cm³/mol. The summed E-state index contributed by atoms with van der Waals surface area (Å²) in [5.41, 5.74) is -0.852. The number of aromatic hydroxyl groups is 2. The lowest BCUT2D eigenvalue weighted by Gasteiger charge is -2.15. The Labute approximate surface area is 192 Å². The molecule has 4 aromatic rings. The summed E-state index contributed by atoms with van der Waals surface area (Å²) in [7, 11) is 0. The summed E-state index contributed by atoms with van der Waals surface area (Å²) in [4.78, 5) is 12.9. The fourth-order valence-corrected chi connectivity index (χ4v) is 3.44. The first-order valence-electron chi connectivity index (χ1n) is 10.1. The van der Waals surface area contributed by atoms with Crippen molar-refractivity contribution >= 4 is 33.7 Å². The molecule has 4 rings (SSSR count). The van der Waals surface area contributed by atoms with Crippen LogP contribution in [0, 0.1) is 6.92 Å². The van der Waals surface area contributed by atoms with Gasteiger partial charge in [0.2, 0.25) is 0 Å². The molecule has 0 saturated carbocycles. The van der Waals surface area contributed by atoms with Crippen molar-refractivity contribution in [1.29, 1.82) is 0 Å². The molecule has 0 atom stereocenters. The molecule has 1 amide bonds. The molecule has 0 bridgehead atoms. The molecular weight excluding hydrogens is 447 g/mol. The Balaban J connectivity index is 1.79. The Kier molecular flexibility index (Phi) is 5.93. The SMILES string of the molecule is Cc1ccc(N=Nc2c(O)c(C(=O)Nc3ccccc3C(F)(F)F)cc3ccccc23)c(O)c1. The number of amides is 1. The largest absolute Gasteiger partial charge is 0.506 e. The van der Waals surface area contributed by atoms with E-state index in [0.717, 1.165) is 17.7 Å². The van der Waals surface area contributed by atoms with Crippen molar-refractivity contribution < 1.29 is 28.2 Å². The number of aryl methyl sites for hydroxylation is 1. The number of alkyl halides is 3. The van der Waals surface area contributed by atoms with E-state index in [9.17, 15) is 28.2 Å². The van der Waals surface area contributed by atoms with Crippen molar-refractivity contribution in [2.24, 2.45) is 10.2 Å². The Morgan fingerprint density at radius 1 is 0.912 bits per heavy atom. The lowest BCUT2D eigenvalue weighted by molar-refractivity contribution is -0.136. The standard InChI is InChI=1S/C25H18F3N3O3/c1-14-10-11-20(21(32)12-14)30-31-22-16-7-3-2-6-15(16)13-17(23(22)33)24(34)29-19-9-5-4-8-18(19)25(26,27)28/h2-13,32-33H,1H3,(H,29,34). The molecule has 0 radical (unpaired) electrons. The zero-order valence-electron chi connectivity index (χ0n) is 17.8. The van der Waals surface area contributed by atoms with Gasteiger partial charge in [0.05, 0.1) is 16.8 Å². The van der Waals surface area contributed by atoms with Crippen LogP contribution in [-0.4, -0.2) is 16.1 Å². The third-order valence-corrected chi connectivity index (χ3v) is 5.11. The minimum atomic E-state index is -4.68. The van der Waals surface area contributed by atoms with Crippen molar-refractivity contribution in [2.45, 2.75) is 13.1 Å². The number of phenols is 2. The van der Waals surface area contributed by atoms with Crippen LogP contribution >= 0.6 is 0 Å². The highest BCUT2D eigenvalue weighted by Crippen LogP contribution is 2.41. The van der Waals surface area contributed by atoms with E-state index in [0.29, 0.717) is 10.8 Å². The summed E-state index contributed by atoms with van der Waals surface area (Å²) < 4.78 is 40.0. The third-order valence-electron chi connectivity index (χ3n) is 5.11. The molecule has 0 fully saturated rings. The number of rotatable bonds is 4. The zero-order chi connectivity index (χ0) is 24.5. The van der Waals surface area contributed by atoms with Crippen molar-refractivity contribution in [1.82, 2.24) is 0 Å². The average molecular weight is 465 g/mol. The molecule has 0 heterocycles. The highest BCUT2D eigenvalue weighted by molar-refractivity contribution is 6.12. The second kappa shape index (κ2) is 8.86. The van der Waals surface area contributed by atoms with Gasteiger partial charge in [-0.25, -0.2) is 0 Å². The number of carbonyl (C=O) groups excluding carboxylic acids is 1. The molecule has 0 unspecified atom stereocenters. The number of para-hydroxylation sites is 1. The third kappa shape index (κ3) is 4.54. The molecule has 6 nitrogen and oxygen atoms in total. The molecule has 172 valence electrons. The summed E-state index contributed by atoms with van der Waals surface area (Å²) >= 11 is 0. The smallest absolute Gasteiger partial charge is 0.418 e. The van der Waals surface area contributed by atoms with Gasteiger partial charge in [-0.3, -0.25) is 4.79 Å². The molecule has 0 aromatic heterocycles. The minimum Gasteiger partial charge on any atom is -0.506 e. The van der Waals surface area contributed by atoms with Gasteiger partial charge in [-0.15, -0.1) is 10.2 Å². The average Bonchev–Trinajstić information content (AvgIpc) is 2.79. The Hall–Kier alpha value is -4.40. The molecule has 9 heteroatoms. The molecule has 0 saturated heterocycles. The first kappa shape index (κ1) is 22.8. The summed E-state index contributed by atoms with van der Waals surface area (Å²) in [5, 5.41) is 32.2. The van der Waals surface area contributed by atoms with E-state index in [1.165, 1.54) is 30.3 Å². The molecule has 4 aromatic carbocycles. The second-order valence-corrected chi connectivity index (χ2v) is 7.53. The van der Waals surface area contributed by atoms with Crippen LogP contribution in [0.15, 0.2) is 83.0 Å². The normalized spacial score (nSPS) is 11.8. The summed E-state index contributed by atoms with van der Waals surface area (Å²) in [5.74, 6) is -1.63. The van der Waals surface area contributed by atoms with E-state index in [2.05, 4.69) is 15.5 Å². The van der Waals surface area contributed by atoms with E-state index in [4.69, 9.17) is 0 Å². The predicted octanol–water partition coefficient (Wildman–Crippen LogP) is 7.25. The minimum absolute atomic E-state index is 0.0627. The summed E-state index contributed by atoms with van der Waals surface area (Å²) in [6.45, 7) is 1.79. The number of hydrogen-bond donors (Lipinski definition) is 3. The van der Waals surface area contributed by atoms with Crippen LogP contribution in [0.25, 0.3) is 10.8 Å². The monoisotopic (exact) mass is 465 g/mol. The van der Waals surface area contributed by atoms with Crippen molar-refractivity contribution in [2.75, 3.05) is 5.32 Å². The van der Waals surface area contributed by atoms with Gasteiger partial charge >= 0.3 is 6.18 Å². The Morgan fingerprint density at radius 2 is 1.62 bits per heavy atom. The van der Waals surface area contributed by atoms with Gasteiger partial charge < -0.3 is 15.5 Å². The van der Waals surface area contributed by atoms with Crippen molar-refractivity contribution in [3.8, 4) is 11.5 Å². The number of nitrogens with zero attached hydrogens (tertiary/aromatic N) is 2. The highest BCUT2D eigenvalue weighted by atomic mass is 19.4. The maximum absolute atomic E-state index is 13.3. The molecule has 0 spiro atoms. The first-order chi connectivity index (χ1) is 16.1. The van der Waals surface area contributed by atoms with Gasteiger partial charge in [0, 0.05) is 5.39 Å². The summed E-state index contributed by atoms with van der Waals surface area (Å²) in [6.07, 6.45) is -4.68. The number of hydrogen-bond acceptors (Lipinski definition) is 5. The van der Waals surface area contributed by atoms with Gasteiger partial charge in [-0.2, -0.15) is 13.2 Å². The van der Waals surface area contributed by atoms with E-state index < -0.39 is 29.1 Å². The topological polar surface area (TPSA) is 94.3 Å². The summed E-state index contributed by atoms with van der Waals surface area (Å²) in [6, 6.07) is 17.4. The van der Waals surface area contributed by atoms with E-state index >= 15 is 0 Å². The number of phenolic OH excluding ortho intramolecular Hbond substituents is 2. The van der Waals surface area contributed by atoms with E-state index in [-0.39, 0.29) is 22.7 Å². The lowest BCUT2D eigenvalue weighted by atomic mass is 10.0. The second-order valence-electron chi connectivity index (χ2n) is 7.53. The van der Waals surface area contributed by atoms with Gasteiger partial charge in [0.25, 0.3) is 5.91 Å². The molecule has 0 aliphatic heterocycles. The van der Waals surface area contributed by atoms with Gasteiger partial charge in [-0.05, 0) is 48.2 Å². The molecule has 0 aliphatic rings. The number of fused-ring (bicyclic) bond motifs is 1. The van der Waals surface area contributed by atoms with Crippen LogP contribution in [-0.2, 0) is 6.18 Å². The van der Waals surface area contributed by atoms with Gasteiger partial charge in [-0.1, -0.05) is 42.5 Å². The van der Waals surface area contributed by atoms with Crippen molar-refractivity contribution in [3.05, 3.63) is 89.5 Å². The number of nitrogens with one attached hydrogen (secondary N) is 1. The number of benzene rings is 4. The highest BCUT2D eigenvalue weighted by Gasteiger charge is 2.34. The first-order valence-corrected chi connectivity index (χ1v) is 10.1. The number of azo groups is 1. The zero-order valence-corrected chi connectivity index (χ0v) is 17.8. The van der Waals surface area contributed by atoms with E-state index in [1.807, 2.05) is 0 Å². The number of anilines is 1. The van der Waals surface area contributed by atoms with Crippen molar-refractivity contribution in [3.63, 3.8) is 0 Å². The fraction of sp³-hybridized carbons (Fsp3) is 0.0800. The molecule has 34 heavy (non-hydrogen) atoms. The van der Waals surface area contributed by atoms with E-state index in [1.54, 1.807) is 37.3 Å². The number of halogens is 3. The van der Waals surface area contributed by atoms with Crippen LogP contribution in [0.4, 0.5) is 30.2 Å². The molecule has 3 N–H and O–H groups in total. The quantitative estimate of drug-likeness (QED) is 0.277. The molecule has 0 aliphatic carbocycles. The number of carbonyl (C=O) groups is 1. The lowest BCUT2D eigenvalue weighted by Crippen LogP contribution is -2.16.